The van der Waals surface area contributed by atoms with Gasteiger partial charge in [-0.05, 0) is 12.1 Å². The lowest BCUT2D eigenvalue weighted by atomic mass is 10.3. The molecule has 1 aliphatic rings. The van der Waals surface area contributed by atoms with Crippen molar-refractivity contribution in [1.29, 1.82) is 0 Å². The van der Waals surface area contributed by atoms with Crippen LogP contribution in [0.1, 0.15) is 0 Å². The SMILES string of the molecule is O=C1C=CN=NC1=O.c1ccncc1. The average Bonchev–Trinajstić information content (AvgIpc) is 2.26. The summed E-state index contributed by atoms with van der Waals surface area (Å²) >= 11 is 0. The number of hydrogen-bond donors (Lipinski definition) is 0. The zero-order valence-electron chi connectivity index (χ0n) is 7.20. The fraction of sp³-hybridized carbons (Fsp3) is 0. The number of carbonyl (C=O) groups is 2. The maximum absolute atomic E-state index is 10.2. The largest absolute Gasteiger partial charge is 0.335 e. The zero-order valence-corrected chi connectivity index (χ0v) is 7.20. The van der Waals surface area contributed by atoms with Gasteiger partial charge in [-0.2, -0.15) is 5.11 Å². The first-order chi connectivity index (χ1) is 6.80. The molecule has 0 saturated carbocycles. The Morgan fingerprint density at radius 2 is 1.71 bits per heavy atom. The van der Waals surface area contributed by atoms with E-state index in [4.69, 9.17) is 0 Å². The molecule has 2 heterocycles. The van der Waals surface area contributed by atoms with Crippen molar-refractivity contribution in [2.24, 2.45) is 10.2 Å². The molecule has 0 radical (unpaired) electrons. The van der Waals surface area contributed by atoms with Crippen molar-refractivity contribution < 1.29 is 9.59 Å². The van der Waals surface area contributed by atoms with E-state index in [1.165, 1.54) is 6.20 Å². The summed E-state index contributed by atoms with van der Waals surface area (Å²) in [5.74, 6) is -1.41. The van der Waals surface area contributed by atoms with Crippen LogP contribution in [-0.2, 0) is 9.59 Å². The quantitative estimate of drug-likeness (QED) is 0.574. The number of rotatable bonds is 0. The molecule has 0 N–H and O–H groups in total. The third-order valence-corrected chi connectivity index (χ3v) is 1.22. The van der Waals surface area contributed by atoms with Crippen molar-refractivity contribution >= 4 is 11.7 Å². The molecule has 1 aliphatic heterocycles. The van der Waals surface area contributed by atoms with E-state index < -0.39 is 11.7 Å². The molecule has 0 atom stereocenters. The Bertz CT molecular complexity index is 322. The van der Waals surface area contributed by atoms with Gasteiger partial charge in [-0.25, -0.2) is 0 Å². The third kappa shape index (κ3) is 3.48. The van der Waals surface area contributed by atoms with E-state index in [0.717, 1.165) is 6.08 Å². The van der Waals surface area contributed by atoms with Crippen LogP contribution in [0.15, 0.2) is 53.1 Å². The monoisotopic (exact) mass is 189 g/mol. The third-order valence-electron chi connectivity index (χ3n) is 1.22. The molecular formula is C9H7N3O2. The van der Waals surface area contributed by atoms with Gasteiger partial charge in [0, 0.05) is 18.5 Å². The maximum atomic E-state index is 10.2. The molecular weight excluding hydrogens is 182 g/mol. The predicted octanol–water partition coefficient (Wildman–Crippen LogP) is 1.14. The lowest BCUT2D eigenvalue weighted by Gasteiger charge is -1.86. The predicted molar refractivity (Wildman–Crippen MR) is 48.2 cm³/mol. The molecule has 5 nitrogen and oxygen atoms in total. The molecule has 70 valence electrons. The van der Waals surface area contributed by atoms with E-state index in [0.29, 0.717) is 0 Å². The first kappa shape index (κ1) is 9.91. The number of azo groups is 1. The number of hydrogen-bond acceptors (Lipinski definition) is 4. The highest BCUT2D eigenvalue weighted by Crippen LogP contribution is 1.91. The van der Waals surface area contributed by atoms with Gasteiger partial charge in [-0.3, -0.25) is 14.6 Å². The molecule has 1 aromatic heterocycles. The zero-order chi connectivity index (χ0) is 10.2. The van der Waals surface area contributed by atoms with Crippen LogP contribution in [0.3, 0.4) is 0 Å². The summed E-state index contributed by atoms with van der Waals surface area (Å²) in [7, 11) is 0. The topological polar surface area (TPSA) is 71.8 Å². The smallest absolute Gasteiger partial charge is 0.284 e. The first-order valence-electron chi connectivity index (χ1n) is 3.81. The van der Waals surface area contributed by atoms with Crippen molar-refractivity contribution in [3.8, 4) is 0 Å². The number of ketones is 1. The molecule has 0 fully saturated rings. The van der Waals surface area contributed by atoms with Gasteiger partial charge in [-0.1, -0.05) is 6.07 Å². The summed E-state index contributed by atoms with van der Waals surface area (Å²) in [4.78, 5) is 24.1. The van der Waals surface area contributed by atoms with Crippen molar-refractivity contribution in [2.75, 3.05) is 0 Å². The molecule has 0 unspecified atom stereocenters. The van der Waals surface area contributed by atoms with Crippen LogP contribution in [0.4, 0.5) is 0 Å². The van der Waals surface area contributed by atoms with Crippen LogP contribution < -0.4 is 0 Å². The summed E-state index contributed by atoms with van der Waals surface area (Å²) in [5.41, 5.74) is 0. The molecule has 0 saturated heterocycles. The Morgan fingerprint density at radius 1 is 1.00 bits per heavy atom. The minimum atomic E-state index is -0.799. The number of amides is 1. The van der Waals surface area contributed by atoms with Gasteiger partial charge in [0.15, 0.2) is 0 Å². The van der Waals surface area contributed by atoms with E-state index in [1.807, 2.05) is 18.2 Å². The van der Waals surface area contributed by atoms with Gasteiger partial charge >= 0.3 is 5.91 Å². The van der Waals surface area contributed by atoms with Crippen LogP contribution in [0.25, 0.3) is 0 Å². The van der Waals surface area contributed by atoms with Crippen LogP contribution in [0.5, 0.6) is 0 Å². The Morgan fingerprint density at radius 3 is 2.00 bits per heavy atom. The van der Waals surface area contributed by atoms with Gasteiger partial charge < -0.3 is 0 Å². The molecule has 0 aliphatic carbocycles. The standard InChI is InChI=1S/C5H5N.C4H2N2O2/c1-2-4-6-5-3-1;7-3-1-2-5-6-4(3)8/h1-5H;1-2H. The summed E-state index contributed by atoms with van der Waals surface area (Å²) in [6.45, 7) is 0. The summed E-state index contributed by atoms with van der Waals surface area (Å²) in [6.07, 6.45) is 5.76. The van der Waals surface area contributed by atoms with Crippen LogP contribution in [0.2, 0.25) is 0 Å². The van der Waals surface area contributed by atoms with Crippen LogP contribution in [0, 0.1) is 0 Å². The normalized spacial score (nSPS) is 13.4. The fourth-order valence-corrected chi connectivity index (χ4v) is 0.620. The number of pyridine rings is 1. The summed E-state index contributed by atoms with van der Waals surface area (Å²) in [6, 6.07) is 5.72. The molecule has 14 heavy (non-hydrogen) atoms. The van der Waals surface area contributed by atoms with E-state index in [1.54, 1.807) is 12.4 Å². The number of aromatic nitrogens is 1. The average molecular weight is 189 g/mol. The lowest BCUT2D eigenvalue weighted by Crippen LogP contribution is -2.08. The minimum absolute atomic E-state index is 0.611. The molecule has 0 bridgehead atoms. The van der Waals surface area contributed by atoms with Gasteiger partial charge in [0.2, 0.25) is 5.78 Å². The van der Waals surface area contributed by atoms with E-state index >= 15 is 0 Å². The highest BCUT2D eigenvalue weighted by Gasteiger charge is 2.10. The van der Waals surface area contributed by atoms with Crippen LogP contribution in [-0.4, -0.2) is 16.7 Å². The molecule has 0 aromatic carbocycles. The Labute approximate surface area is 80.2 Å². The second kappa shape index (κ2) is 5.47. The van der Waals surface area contributed by atoms with E-state index in [9.17, 15) is 9.59 Å². The molecule has 5 heteroatoms. The molecule has 1 aromatic rings. The first-order valence-corrected chi connectivity index (χ1v) is 3.81. The van der Waals surface area contributed by atoms with Crippen molar-refractivity contribution in [3.05, 3.63) is 42.9 Å². The second-order valence-electron chi connectivity index (χ2n) is 2.23. The maximum Gasteiger partial charge on any atom is 0.335 e. The van der Waals surface area contributed by atoms with Crippen molar-refractivity contribution in [1.82, 2.24) is 4.98 Å². The molecule has 1 amide bonds. The Kier molecular flexibility index (Phi) is 3.87. The van der Waals surface area contributed by atoms with Crippen molar-refractivity contribution in [2.45, 2.75) is 0 Å². The summed E-state index contributed by atoms with van der Waals surface area (Å²) < 4.78 is 0. The molecule has 0 spiro atoms. The number of carbonyl (C=O) groups excluding carboxylic acids is 2. The van der Waals surface area contributed by atoms with Crippen LogP contribution >= 0.6 is 0 Å². The lowest BCUT2D eigenvalue weighted by molar-refractivity contribution is -0.133. The number of nitrogens with zero attached hydrogens (tertiary/aromatic N) is 3. The van der Waals surface area contributed by atoms with Gasteiger partial charge in [-0.15, -0.1) is 5.11 Å². The highest BCUT2D eigenvalue weighted by atomic mass is 16.2. The fourth-order valence-electron chi connectivity index (χ4n) is 0.620. The summed E-state index contributed by atoms with van der Waals surface area (Å²) in [5, 5.41) is 6.14. The van der Waals surface area contributed by atoms with Gasteiger partial charge in [0.25, 0.3) is 0 Å². The van der Waals surface area contributed by atoms with Gasteiger partial charge in [0.05, 0.1) is 6.20 Å². The highest BCUT2D eigenvalue weighted by molar-refractivity contribution is 6.41. The Balaban J connectivity index is 0.000000146. The van der Waals surface area contributed by atoms with Gasteiger partial charge in [0.1, 0.15) is 0 Å². The van der Waals surface area contributed by atoms with E-state index in [-0.39, 0.29) is 0 Å². The molecule has 2 rings (SSSR count). The Hall–Kier alpha value is -2.17. The van der Waals surface area contributed by atoms with E-state index in [2.05, 4.69) is 15.2 Å². The minimum Gasteiger partial charge on any atom is -0.284 e. The second-order valence-corrected chi connectivity index (χ2v) is 2.23. The van der Waals surface area contributed by atoms with Crippen molar-refractivity contribution in [3.63, 3.8) is 0 Å².